The van der Waals surface area contributed by atoms with Gasteiger partial charge in [-0.05, 0) is 61.4 Å². The van der Waals surface area contributed by atoms with Crippen molar-refractivity contribution < 1.29 is 9.90 Å². The molecule has 0 radical (unpaired) electrons. The van der Waals surface area contributed by atoms with Gasteiger partial charge in [-0.25, -0.2) is 9.78 Å². The second-order valence-corrected chi connectivity index (χ2v) is 5.37. The number of aromatic nitrogens is 3. The average Bonchev–Trinajstić information content (AvgIpc) is 2.54. The number of hydrogen-bond acceptors (Lipinski definition) is 4. The van der Waals surface area contributed by atoms with Gasteiger partial charge < -0.3 is 5.11 Å². The molecule has 0 fully saturated rings. The number of nitrogens with zero attached hydrogens (tertiary/aromatic N) is 3. The predicted molar refractivity (Wildman–Crippen MR) is 87.1 cm³/mol. The zero-order valence-electron chi connectivity index (χ0n) is 12.8. The minimum absolute atomic E-state index is 0.164. The van der Waals surface area contributed by atoms with Crippen LogP contribution in [0.4, 0.5) is 0 Å². The minimum Gasteiger partial charge on any atom is -0.478 e. The van der Waals surface area contributed by atoms with E-state index in [1.807, 2.05) is 38.1 Å². The number of rotatable bonds is 3. The van der Waals surface area contributed by atoms with Crippen LogP contribution >= 0.6 is 0 Å². The van der Waals surface area contributed by atoms with Crippen molar-refractivity contribution in [1.82, 2.24) is 15.0 Å². The summed E-state index contributed by atoms with van der Waals surface area (Å²) in [5.41, 5.74) is 4.56. The third-order valence-corrected chi connectivity index (χ3v) is 3.43. The summed E-state index contributed by atoms with van der Waals surface area (Å²) in [4.78, 5) is 24.6. The molecule has 0 aliphatic rings. The van der Waals surface area contributed by atoms with Gasteiger partial charge in [0.05, 0.1) is 28.3 Å². The summed E-state index contributed by atoms with van der Waals surface area (Å²) in [5, 5.41) is 9.37. The van der Waals surface area contributed by atoms with Crippen molar-refractivity contribution in [2.45, 2.75) is 13.8 Å². The van der Waals surface area contributed by atoms with Crippen LogP contribution < -0.4 is 0 Å². The maximum absolute atomic E-state index is 11.4. The quantitative estimate of drug-likeness (QED) is 0.801. The lowest BCUT2D eigenvalue weighted by Crippen LogP contribution is -2.01. The summed E-state index contributed by atoms with van der Waals surface area (Å²) in [7, 11) is 0. The second-order valence-electron chi connectivity index (χ2n) is 5.37. The molecular formula is C18H15N3O2. The fraction of sp³-hybridized carbons (Fsp3) is 0.111. The lowest BCUT2D eigenvalue weighted by Gasteiger charge is -2.07. The summed E-state index contributed by atoms with van der Waals surface area (Å²) in [6.45, 7) is 3.91. The molecule has 0 saturated carbocycles. The Labute approximate surface area is 133 Å². The van der Waals surface area contributed by atoms with Crippen molar-refractivity contribution in [3.8, 4) is 22.8 Å². The smallest absolute Gasteiger partial charge is 0.335 e. The first-order valence-electron chi connectivity index (χ1n) is 7.14. The molecule has 0 unspecified atom stereocenters. The van der Waals surface area contributed by atoms with Crippen molar-refractivity contribution in [2.24, 2.45) is 0 Å². The van der Waals surface area contributed by atoms with Gasteiger partial charge in [0.2, 0.25) is 0 Å². The van der Waals surface area contributed by atoms with Crippen molar-refractivity contribution in [3.63, 3.8) is 0 Å². The second kappa shape index (κ2) is 5.96. The number of aryl methyl sites for hydroxylation is 2. The van der Waals surface area contributed by atoms with E-state index in [0.29, 0.717) is 22.8 Å². The van der Waals surface area contributed by atoms with E-state index >= 15 is 0 Å². The molecule has 5 heteroatoms. The molecule has 0 saturated heterocycles. The van der Waals surface area contributed by atoms with Crippen LogP contribution in [0.15, 0.2) is 48.8 Å². The number of hydrogen-bond donors (Lipinski definition) is 1. The van der Waals surface area contributed by atoms with Crippen molar-refractivity contribution in [2.75, 3.05) is 0 Å². The van der Waals surface area contributed by atoms with Crippen LogP contribution in [0, 0.1) is 13.8 Å². The Kier molecular flexibility index (Phi) is 3.85. The largest absolute Gasteiger partial charge is 0.478 e. The van der Waals surface area contributed by atoms with Gasteiger partial charge in [-0.2, -0.15) is 0 Å². The molecule has 3 aromatic rings. The van der Waals surface area contributed by atoms with Gasteiger partial charge in [0, 0.05) is 12.4 Å². The molecule has 0 aliphatic carbocycles. The van der Waals surface area contributed by atoms with Crippen molar-refractivity contribution >= 4 is 5.97 Å². The lowest BCUT2D eigenvalue weighted by molar-refractivity contribution is 0.0697. The van der Waals surface area contributed by atoms with E-state index in [0.717, 1.165) is 11.1 Å². The van der Waals surface area contributed by atoms with E-state index in [9.17, 15) is 9.90 Å². The summed E-state index contributed by atoms with van der Waals surface area (Å²) in [6.07, 6.45) is 3.37. The summed E-state index contributed by atoms with van der Waals surface area (Å²) < 4.78 is 0. The topological polar surface area (TPSA) is 76.0 Å². The van der Waals surface area contributed by atoms with E-state index in [1.54, 1.807) is 12.4 Å². The van der Waals surface area contributed by atoms with E-state index in [1.165, 1.54) is 12.1 Å². The van der Waals surface area contributed by atoms with Gasteiger partial charge in [-0.1, -0.05) is 0 Å². The molecule has 0 amide bonds. The number of carbonyl (C=O) groups is 1. The van der Waals surface area contributed by atoms with Crippen molar-refractivity contribution in [3.05, 3.63) is 65.5 Å². The third-order valence-electron chi connectivity index (χ3n) is 3.43. The first-order valence-corrected chi connectivity index (χ1v) is 7.14. The molecule has 0 atom stereocenters. The molecule has 23 heavy (non-hydrogen) atoms. The first kappa shape index (κ1) is 14.8. The van der Waals surface area contributed by atoms with Gasteiger partial charge >= 0.3 is 5.97 Å². The van der Waals surface area contributed by atoms with Crippen LogP contribution in [0.1, 0.15) is 21.5 Å². The lowest BCUT2D eigenvalue weighted by atomic mass is 10.1. The zero-order chi connectivity index (χ0) is 16.4. The van der Waals surface area contributed by atoms with Crippen molar-refractivity contribution in [1.29, 1.82) is 0 Å². The summed E-state index contributed by atoms with van der Waals surface area (Å²) in [6, 6.07) is 10.6. The number of aromatic carboxylic acids is 1. The van der Waals surface area contributed by atoms with Gasteiger partial charge in [0.15, 0.2) is 0 Å². The van der Waals surface area contributed by atoms with E-state index in [4.69, 9.17) is 0 Å². The number of pyridine rings is 3. The molecular weight excluding hydrogens is 290 g/mol. The molecule has 3 rings (SSSR count). The fourth-order valence-corrected chi connectivity index (χ4v) is 2.27. The van der Waals surface area contributed by atoms with Crippen LogP contribution in [-0.2, 0) is 0 Å². The maximum Gasteiger partial charge on any atom is 0.335 e. The SMILES string of the molecule is Cc1ccnc(-c2cc(C(=O)O)cc(-c3cc(C)ccn3)n2)c1. The van der Waals surface area contributed by atoms with E-state index in [-0.39, 0.29) is 5.56 Å². The highest BCUT2D eigenvalue weighted by atomic mass is 16.4. The number of carboxylic acids is 1. The molecule has 3 heterocycles. The Morgan fingerprint density at radius 2 is 1.30 bits per heavy atom. The van der Waals surface area contributed by atoms with Crippen LogP contribution in [-0.4, -0.2) is 26.0 Å². The maximum atomic E-state index is 11.4. The summed E-state index contributed by atoms with van der Waals surface area (Å²) >= 11 is 0. The predicted octanol–water partition coefficient (Wildman–Crippen LogP) is 3.52. The Hall–Kier alpha value is -3.08. The van der Waals surface area contributed by atoms with E-state index in [2.05, 4.69) is 15.0 Å². The summed E-state index contributed by atoms with van der Waals surface area (Å²) in [5.74, 6) is -1.00. The highest BCUT2D eigenvalue weighted by Gasteiger charge is 2.13. The molecule has 0 bridgehead atoms. The minimum atomic E-state index is -1.00. The van der Waals surface area contributed by atoms with Crippen LogP contribution in [0.2, 0.25) is 0 Å². The monoisotopic (exact) mass is 305 g/mol. The van der Waals surface area contributed by atoms with E-state index < -0.39 is 5.97 Å². The molecule has 5 nitrogen and oxygen atoms in total. The highest BCUT2D eigenvalue weighted by molar-refractivity contribution is 5.90. The fourth-order valence-electron chi connectivity index (χ4n) is 2.27. The number of carboxylic acid groups (broad SMARTS) is 1. The Bertz CT molecular complexity index is 827. The van der Waals surface area contributed by atoms with Crippen LogP contribution in [0.5, 0.6) is 0 Å². The third kappa shape index (κ3) is 3.23. The molecule has 0 aliphatic heterocycles. The Balaban J connectivity index is 2.19. The normalized spacial score (nSPS) is 10.5. The molecule has 3 aromatic heterocycles. The van der Waals surface area contributed by atoms with Gasteiger partial charge in [0.1, 0.15) is 0 Å². The molecule has 0 spiro atoms. The first-order chi connectivity index (χ1) is 11.0. The molecule has 0 aromatic carbocycles. The zero-order valence-corrected chi connectivity index (χ0v) is 12.8. The van der Waals surface area contributed by atoms with Gasteiger partial charge in [0.25, 0.3) is 0 Å². The van der Waals surface area contributed by atoms with Gasteiger partial charge in [-0.3, -0.25) is 9.97 Å². The Morgan fingerprint density at radius 1 is 0.826 bits per heavy atom. The average molecular weight is 305 g/mol. The molecule has 114 valence electrons. The van der Waals surface area contributed by atoms with Crippen LogP contribution in [0.25, 0.3) is 22.8 Å². The highest BCUT2D eigenvalue weighted by Crippen LogP contribution is 2.23. The molecule has 1 N–H and O–H groups in total. The Morgan fingerprint density at radius 3 is 1.70 bits per heavy atom. The standard InChI is InChI=1S/C18H15N3O2/c1-11-3-5-19-14(7-11)16-9-13(18(22)23)10-17(21-16)15-8-12(2)4-6-20-15/h3-10H,1-2H3,(H,22,23). The van der Waals surface area contributed by atoms with Crippen LogP contribution in [0.3, 0.4) is 0 Å². The van der Waals surface area contributed by atoms with Gasteiger partial charge in [-0.15, -0.1) is 0 Å².